The van der Waals surface area contributed by atoms with Gasteiger partial charge in [-0.05, 0) is 56.7 Å². The van der Waals surface area contributed by atoms with Crippen LogP contribution in [-0.2, 0) is 14.3 Å². The predicted molar refractivity (Wildman–Crippen MR) is 159 cm³/mol. The highest BCUT2D eigenvalue weighted by Gasteiger charge is 2.37. The largest absolute Gasteiger partial charge is 0.493 e. The lowest BCUT2D eigenvalue weighted by atomic mass is 9.95. The van der Waals surface area contributed by atoms with Gasteiger partial charge >= 0.3 is 5.97 Å². The zero-order chi connectivity index (χ0) is 28.9. The summed E-state index contributed by atoms with van der Waals surface area (Å²) in [6.45, 7) is 5.81. The summed E-state index contributed by atoms with van der Waals surface area (Å²) in [5.74, 6) is 0.0727. The predicted octanol–water partition coefficient (Wildman–Crippen LogP) is 4.08. The standard InChI is InChI=1S/C28H25Br2N3O6S/c1-6-38-20-11-15(17(30)12-19(20)37-5)23-21(27(36)39-7-2)13(3)31-28-33(23)26(35)24(40-28)22-16-10-14(29)8-9-18(16)32(4)25(22)34/h8-12,23H,6-7H2,1-5H3/b24-22-/t23-/m1/s1. The van der Waals surface area contributed by atoms with Crippen LogP contribution in [0.15, 0.2) is 60.3 Å². The molecule has 1 atom stereocenters. The number of aromatic nitrogens is 1. The van der Waals surface area contributed by atoms with Crippen LogP contribution in [0.25, 0.3) is 5.57 Å². The highest BCUT2D eigenvalue weighted by molar-refractivity contribution is 9.10. The number of carbonyl (C=O) groups is 2. The van der Waals surface area contributed by atoms with Crippen LogP contribution < -0.4 is 29.3 Å². The molecule has 1 aromatic heterocycles. The van der Waals surface area contributed by atoms with Crippen molar-refractivity contribution in [3.8, 4) is 11.5 Å². The van der Waals surface area contributed by atoms with E-state index in [1.165, 1.54) is 16.6 Å². The number of carbonyl (C=O) groups excluding carboxylic acids is 2. The number of esters is 1. The van der Waals surface area contributed by atoms with Gasteiger partial charge in [-0.3, -0.25) is 14.2 Å². The minimum atomic E-state index is -0.902. The number of allylic oxidation sites excluding steroid dienone is 1. The van der Waals surface area contributed by atoms with Gasteiger partial charge in [0.2, 0.25) is 0 Å². The lowest BCUT2D eigenvalue weighted by Gasteiger charge is -2.26. The maximum atomic E-state index is 14.3. The van der Waals surface area contributed by atoms with Crippen molar-refractivity contribution in [3.05, 3.63) is 81.4 Å². The minimum Gasteiger partial charge on any atom is -0.493 e. The molecule has 0 saturated carbocycles. The number of methoxy groups -OCH3 is 1. The quantitative estimate of drug-likeness (QED) is 0.362. The van der Waals surface area contributed by atoms with E-state index in [4.69, 9.17) is 14.2 Å². The number of fused-ring (bicyclic) bond motifs is 2. The third-order valence-electron chi connectivity index (χ3n) is 6.70. The summed E-state index contributed by atoms with van der Waals surface area (Å²) < 4.78 is 19.8. The van der Waals surface area contributed by atoms with Gasteiger partial charge in [-0.1, -0.05) is 43.2 Å². The lowest BCUT2D eigenvalue weighted by molar-refractivity contribution is -0.139. The van der Waals surface area contributed by atoms with E-state index in [1.54, 1.807) is 33.0 Å². The number of nitrogens with zero attached hydrogens (tertiary/aromatic N) is 3. The molecular formula is C28H25Br2N3O6S. The van der Waals surface area contributed by atoms with Crippen LogP contribution in [0.4, 0.5) is 5.69 Å². The molecule has 0 bridgehead atoms. The van der Waals surface area contributed by atoms with E-state index in [9.17, 15) is 14.4 Å². The zero-order valence-corrected chi connectivity index (χ0v) is 26.3. The van der Waals surface area contributed by atoms with Gasteiger partial charge in [0, 0.05) is 21.6 Å². The maximum absolute atomic E-state index is 14.3. The van der Waals surface area contributed by atoms with E-state index in [1.807, 2.05) is 25.1 Å². The molecule has 208 valence electrons. The SMILES string of the molecule is CCOC(=O)C1=C(C)N=c2s/c(=C3\C(=O)N(C)c4ccc(Br)cc43)c(=O)n2[C@@H]1c1cc(OCC)c(OC)cc1Br. The first-order valence-electron chi connectivity index (χ1n) is 12.4. The summed E-state index contributed by atoms with van der Waals surface area (Å²) in [4.78, 5) is 47.6. The molecule has 0 N–H and O–H groups in total. The molecule has 0 aliphatic carbocycles. The number of ether oxygens (including phenoxy) is 3. The van der Waals surface area contributed by atoms with Gasteiger partial charge in [0.1, 0.15) is 4.53 Å². The van der Waals surface area contributed by atoms with Crippen LogP contribution in [0.1, 0.15) is 37.9 Å². The van der Waals surface area contributed by atoms with Crippen LogP contribution in [0.3, 0.4) is 0 Å². The van der Waals surface area contributed by atoms with Crippen molar-refractivity contribution in [2.24, 2.45) is 4.99 Å². The Balaban J connectivity index is 1.86. The third-order valence-corrected chi connectivity index (χ3v) is 8.94. The summed E-state index contributed by atoms with van der Waals surface area (Å²) in [5, 5.41) is 0. The molecule has 12 heteroatoms. The molecule has 0 unspecified atom stereocenters. The fraction of sp³-hybridized carbons (Fsp3) is 0.286. The molecule has 5 rings (SSSR count). The molecule has 40 heavy (non-hydrogen) atoms. The number of likely N-dealkylation sites (N-methyl/N-ethyl adjacent to an activating group) is 1. The molecule has 0 spiro atoms. The van der Waals surface area contributed by atoms with E-state index in [0.717, 1.165) is 15.8 Å². The Morgan fingerprint density at radius 2 is 1.85 bits per heavy atom. The van der Waals surface area contributed by atoms with E-state index >= 15 is 0 Å². The molecule has 3 aromatic rings. The van der Waals surface area contributed by atoms with Crippen molar-refractivity contribution in [1.29, 1.82) is 0 Å². The molecule has 9 nitrogen and oxygen atoms in total. The number of hydrogen-bond acceptors (Lipinski definition) is 8. The molecule has 2 aromatic carbocycles. The second kappa shape index (κ2) is 11.0. The Morgan fingerprint density at radius 1 is 1.10 bits per heavy atom. The summed E-state index contributed by atoms with van der Waals surface area (Å²) >= 11 is 8.21. The van der Waals surface area contributed by atoms with E-state index in [0.29, 0.717) is 55.5 Å². The number of thiazole rings is 1. The first-order valence-corrected chi connectivity index (χ1v) is 14.8. The van der Waals surface area contributed by atoms with Gasteiger partial charge in [-0.15, -0.1) is 0 Å². The average molecular weight is 691 g/mol. The molecule has 2 aliphatic rings. The van der Waals surface area contributed by atoms with Gasteiger partial charge in [0.05, 0.1) is 48.9 Å². The molecule has 0 fully saturated rings. The summed E-state index contributed by atoms with van der Waals surface area (Å²) in [6, 6.07) is 8.08. The Bertz CT molecular complexity index is 1790. The molecule has 1 amide bonds. The second-order valence-corrected chi connectivity index (χ2v) is 11.7. The van der Waals surface area contributed by atoms with E-state index < -0.39 is 17.6 Å². The van der Waals surface area contributed by atoms with Crippen molar-refractivity contribution < 1.29 is 23.8 Å². The van der Waals surface area contributed by atoms with Crippen molar-refractivity contribution in [2.75, 3.05) is 32.3 Å². The monoisotopic (exact) mass is 689 g/mol. The molecular weight excluding hydrogens is 666 g/mol. The number of anilines is 1. The fourth-order valence-electron chi connectivity index (χ4n) is 4.94. The minimum absolute atomic E-state index is 0.150. The van der Waals surface area contributed by atoms with Crippen LogP contribution in [-0.4, -0.2) is 43.8 Å². The van der Waals surface area contributed by atoms with Crippen molar-refractivity contribution >= 4 is 66.3 Å². The summed E-state index contributed by atoms with van der Waals surface area (Å²) in [6.07, 6.45) is 0. The van der Waals surface area contributed by atoms with Crippen LogP contribution in [0, 0.1) is 0 Å². The molecule has 0 saturated heterocycles. The Morgan fingerprint density at radius 3 is 2.52 bits per heavy atom. The first-order chi connectivity index (χ1) is 19.1. The van der Waals surface area contributed by atoms with Gasteiger partial charge in [0.15, 0.2) is 16.3 Å². The number of hydrogen-bond donors (Lipinski definition) is 0. The smallest absolute Gasteiger partial charge is 0.338 e. The van der Waals surface area contributed by atoms with Crippen LogP contribution in [0.2, 0.25) is 0 Å². The number of halogens is 2. The highest BCUT2D eigenvalue weighted by atomic mass is 79.9. The highest BCUT2D eigenvalue weighted by Crippen LogP contribution is 2.41. The van der Waals surface area contributed by atoms with E-state index in [2.05, 4.69) is 36.9 Å². The van der Waals surface area contributed by atoms with Crippen LogP contribution >= 0.6 is 43.2 Å². The fourth-order valence-corrected chi connectivity index (χ4v) is 6.97. The van der Waals surface area contributed by atoms with Crippen molar-refractivity contribution in [1.82, 2.24) is 4.57 Å². The lowest BCUT2D eigenvalue weighted by Crippen LogP contribution is -2.41. The van der Waals surface area contributed by atoms with Gasteiger partial charge < -0.3 is 19.1 Å². The second-order valence-electron chi connectivity index (χ2n) is 8.98. The average Bonchev–Trinajstić information content (AvgIpc) is 3.35. The number of rotatable bonds is 6. The Labute approximate surface area is 250 Å². The van der Waals surface area contributed by atoms with Crippen LogP contribution in [0.5, 0.6) is 11.5 Å². The summed E-state index contributed by atoms with van der Waals surface area (Å²) in [7, 11) is 3.21. The van der Waals surface area contributed by atoms with E-state index in [-0.39, 0.29) is 22.6 Å². The normalized spacial score (nSPS) is 17.4. The Hall–Kier alpha value is -3.22. The van der Waals surface area contributed by atoms with Gasteiger partial charge in [-0.25, -0.2) is 9.79 Å². The topological polar surface area (TPSA) is 99.4 Å². The summed E-state index contributed by atoms with van der Waals surface area (Å²) in [5.41, 5.74) is 2.42. The maximum Gasteiger partial charge on any atom is 0.338 e. The molecule has 0 radical (unpaired) electrons. The molecule has 3 heterocycles. The Kier molecular flexibility index (Phi) is 7.77. The van der Waals surface area contributed by atoms with Crippen molar-refractivity contribution in [3.63, 3.8) is 0 Å². The zero-order valence-electron chi connectivity index (χ0n) is 22.3. The van der Waals surface area contributed by atoms with Gasteiger partial charge in [0.25, 0.3) is 11.5 Å². The van der Waals surface area contributed by atoms with Gasteiger partial charge in [-0.2, -0.15) is 0 Å². The number of amides is 1. The number of benzene rings is 2. The molecule has 2 aliphatic heterocycles. The third kappa shape index (κ3) is 4.51. The first kappa shape index (κ1) is 28.3. The van der Waals surface area contributed by atoms with Crippen molar-refractivity contribution in [2.45, 2.75) is 26.8 Å².